The van der Waals surface area contributed by atoms with E-state index >= 15 is 0 Å². The quantitative estimate of drug-likeness (QED) is 0.447. The molecule has 0 saturated heterocycles. The summed E-state index contributed by atoms with van der Waals surface area (Å²) in [6.07, 6.45) is 5.23. The van der Waals surface area contributed by atoms with Crippen LogP contribution >= 0.6 is 0 Å². The van der Waals surface area contributed by atoms with E-state index in [4.69, 9.17) is 0 Å². The van der Waals surface area contributed by atoms with Gasteiger partial charge in [0.1, 0.15) is 0 Å². The minimum Gasteiger partial charge on any atom is -0.350 e. The number of hydrogen-bond acceptors (Lipinski definition) is 2. The number of para-hydroxylation sites is 2. The molecule has 0 saturated carbocycles. The van der Waals surface area contributed by atoms with Crippen molar-refractivity contribution >= 4 is 33.7 Å². The topological polar surface area (TPSA) is 54.9 Å². The third-order valence-corrected chi connectivity index (χ3v) is 4.77. The number of benzene rings is 2. The Morgan fingerprint density at radius 1 is 1.04 bits per heavy atom. The first-order chi connectivity index (χ1) is 12.6. The van der Waals surface area contributed by atoms with Gasteiger partial charge in [-0.3, -0.25) is 9.59 Å². The van der Waals surface area contributed by atoms with Crippen LogP contribution < -0.4 is 5.56 Å². The van der Waals surface area contributed by atoms with E-state index in [9.17, 15) is 9.59 Å². The van der Waals surface area contributed by atoms with Gasteiger partial charge in [-0.1, -0.05) is 36.4 Å². The van der Waals surface area contributed by atoms with E-state index in [2.05, 4.69) is 4.98 Å². The second kappa shape index (κ2) is 6.15. The molecule has 0 fully saturated rings. The first-order valence-corrected chi connectivity index (χ1v) is 8.44. The highest BCUT2D eigenvalue weighted by Crippen LogP contribution is 2.22. The van der Waals surface area contributed by atoms with Crippen LogP contribution in [0, 0.1) is 6.92 Å². The summed E-state index contributed by atoms with van der Waals surface area (Å²) in [6.45, 7) is 1.82. The molecule has 2 aromatic heterocycles. The lowest BCUT2D eigenvalue weighted by atomic mass is 10.0. The van der Waals surface area contributed by atoms with Crippen molar-refractivity contribution in [3.63, 3.8) is 0 Å². The van der Waals surface area contributed by atoms with Crippen molar-refractivity contribution in [3.05, 3.63) is 87.8 Å². The maximum absolute atomic E-state index is 12.7. The fourth-order valence-corrected chi connectivity index (χ4v) is 3.46. The molecular weight excluding hydrogens is 324 g/mol. The first-order valence-electron chi connectivity index (χ1n) is 8.44. The Hall–Kier alpha value is -3.40. The van der Waals surface area contributed by atoms with E-state index in [1.54, 1.807) is 6.08 Å². The van der Waals surface area contributed by atoms with Crippen molar-refractivity contribution in [2.45, 2.75) is 6.92 Å². The average Bonchev–Trinajstić information content (AvgIpc) is 2.96. The van der Waals surface area contributed by atoms with Gasteiger partial charge in [0.05, 0.1) is 5.56 Å². The fourth-order valence-electron chi connectivity index (χ4n) is 3.46. The maximum Gasteiger partial charge on any atom is 0.259 e. The van der Waals surface area contributed by atoms with E-state index in [1.807, 2.05) is 73.3 Å². The molecule has 4 heteroatoms. The van der Waals surface area contributed by atoms with Crippen LogP contribution in [-0.2, 0) is 7.05 Å². The van der Waals surface area contributed by atoms with E-state index < -0.39 is 0 Å². The summed E-state index contributed by atoms with van der Waals surface area (Å²) in [5.41, 5.74) is 3.33. The van der Waals surface area contributed by atoms with Gasteiger partial charge in [-0.05, 0) is 36.8 Å². The number of rotatable bonds is 3. The van der Waals surface area contributed by atoms with Crippen LogP contribution in [0.3, 0.4) is 0 Å². The Balaban J connectivity index is 1.78. The zero-order valence-corrected chi connectivity index (χ0v) is 14.6. The standard InChI is InChI=1S/C22H18N2O2/c1-14-16-7-3-5-9-18(16)23-22(26)21(14)20(25)12-11-15-13-24(2)19-10-6-4-8-17(15)19/h3-13H,1-2H3,(H,23,26). The Morgan fingerprint density at radius 3 is 2.54 bits per heavy atom. The molecule has 4 nitrogen and oxygen atoms in total. The van der Waals surface area contributed by atoms with E-state index in [0.717, 1.165) is 27.4 Å². The average molecular weight is 342 g/mol. The zero-order valence-electron chi connectivity index (χ0n) is 14.6. The van der Waals surface area contributed by atoms with E-state index in [1.165, 1.54) is 6.08 Å². The molecule has 0 unspecified atom stereocenters. The lowest BCUT2D eigenvalue weighted by Crippen LogP contribution is -2.18. The number of allylic oxidation sites excluding steroid dienone is 1. The summed E-state index contributed by atoms with van der Waals surface area (Å²) >= 11 is 0. The molecule has 0 amide bonds. The second-order valence-electron chi connectivity index (χ2n) is 6.41. The highest BCUT2D eigenvalue weighted by Gasteiger charge is 2.14. The Bertz CT molecular complexity index is 1240. The number of aromatic nitrogens is 2. The van der Waals surface area contributed by atoms with Crippen molar-refractivity contribution in [2.24, 2.45) is 7.05 Å². The molecule has 0 aliphatic heterocycles. The second-order valence-corrected chi connectivity index (χ2v) is 6.41. The third kappa shape index (κ3) is 2.56. The van der Waals surface area contributed by atoms with E-state index in [0.29, 0.717) is 5.56 Å². The van der Waals surface area contributed by atoms with E-state index in [-0.39, 0.29) is 16.9 Å². The van der Waals surface area contributed by atoms with Crippen molar-refractivity contribution < 1.29 is 4.79 Å². The van der Waals surface area contributed by atoms with Gasteiger partial charge in [-0.15, -0.1) is 0 Å². The predicted molar refractivity (Wildman–Crippen MR) is 106 cm³/mol. The Morgan fingerprint density at radius 2 is 1.73 bits per heavy atom. The number of nitrogens with one attached hydrogen (secondary N) is 1. The molecule has 26 heavy (non-hydrogen) atoms. The Labute approximate surface area is 150 Å². The summed E-state index contributed by atoms with van der Waals surface area (Å²) in [5.74, 6) is -0.289. The first kappa shape index (κ1) is 16.1. The van der Waals surface area contributed by atoms with Crippen LogP contribution in [0.25, 0.3) is 27.9 Å². The zero-order chi connectivity index (χ0) is 18.3. The van der Waals surface area contributed by atoms with Crippen molar-refractivity contribution in [3.8, 4) is 0 Å². The van der Waals surface area contributed by atoms with Gasteiger partial charge in [0.25, 0.3) is 5.56 Å². The van der Waals surface area contributed by atoms with Crippen LogP contribution in [0.15, 0.2) is 65.6 Å². The summed E-state index contributed by atoms with van der Waals surface area (Å²) in [6, 6.07) is 15.5. The summed E-state index contributed by atoms with van der Waals surface area (Å²) in [5, 5.41) is 1.96. The van der Waals surface area contributed by atoms with Gasteiger partial charge in [0.2, 0.25) is 0 Å². The molecule has 4 rings (SSSR count). The molecule has 0 bridgehead atoms. The number of carbonyl (C=O) groups is 1. The van der Waals surface area contributed by atoms with Gasteiger partial charge in [0.15, 0.2) is 5.78 Å². The number of aryl methyl sites for hydroxylation is 2. The number of ketones is 1. The van der Waals surface area contributed by atoms with Crippen LogP contribution in [0.5, 0.6) is 0 Å². The number of carbonyl (C=O) groups excluding carboxylic acids is 1. The molecule has 2 heterocycles. The molecular formula is C22H18N2O2. The molecule has 0 radical (unpaired) electrons. The number of nitrogens with zero attached hydrogens (tertiary/aromatic N) is 1. The van der Waals surface area contributed by atoms with Gasteiger partial charge < -0.3 is 9.55 Å². The van der Waals surface area contributed by atoms with Crippen molar-refractivity contribution in [1.82, 2.24) is 9.55 Å². The highest BCUT2D eigenvalue weighted by molar-refractivity contribution is 6.10. The molecule has 0 aliphatic rings. The number of aromatic amines is 1. The number of hydrogen-bond donors (Lipinski definition) is 1. The van der Waals surface area contributed by atoms with Crippen molar-refractivity contribution in [2.75, 3.05) is 0 Å². The van der Waals surface area contributed by atoms with Crippen LogP contribution in [0.1, 0.15) is 21.5 Å². The van der Waals surface area contributed by atoms with Gasteiger partial charge >= 0.3 is 0 Å². The number of H-pyrrole nitrogens is 1. The van der Waals surface area contributed by atoms with Gasteiger partial charge in [-0.25, -0.2) is 0 Å². The molecule has 128 valence electrons. The summed E-state index contributed by atoms with van der Waals surface area (Å²) in [7, 11) is 1.97. The van der Waals surface area contributed by atoms with Crippen LogP contribution in [0.2, 0.25) is 0 Å². The smallest absolute Gasteiger partial charge is 0.259 e. The Kier molecular flexibility index (Phi) is 3.81. The lowest BCUT2D eigenvalue weighted by molar-refractivity contribution is 0.104. The summed E-state index contributed by atoms with van der Waals surface area (Å²) < 4.78 is 2.02. The predicted octanol–water partition coefficient (Wildman–Crippen LogP) is 4.22. The molecule has 4 aromatic rings. The minimum atomic E-state index is -0.353. The highest BCUT2D eigenvalue weighted by atomic mass is 16.1. The van der Waals surface area contributed by atoms with Crippen molar-refractivity contribution in [1.29, 1.82) is 0 Å². The molecule has 0 aliphatic carbocycles. The van der Waals surface area contributed by atoms with Crippen LogP contribution in [0.4, 0.5) is 0 Å². The molecule has 0 atom stereocenters. The van der Waals surface area contributed by atoms with Gasteiger partial charge in [-0.2, -0.15) is 0 Å². The lowest BCUT2D eigenvalue weighted by Gasteiger charge is -2.06. The molecule has 0 spiro atoms. The molecule has 1 N–H and O–H groups in total. The summed E-state index contributed by atoms with van der Waals surface area (Å²) in [4.78, 5) is 27.9. The number of pyridine rings is 1. The molecule has 2 aromatic carbocycles. The maximum atomic E-state index is 12.7. The third-order valence-electron chi connectivity index (χ3n) is 4.77. The largest absolute Gasteiger partial charge is 0.350 e. The fraction of sp³-hybridized carbons (Fsp3) is 0.0909. The van der Waals surface area contributed by atoms with Crippen LogP contribution in [-0.4, -0.2) is 15.3 Å². The monoisotopic (exact) mass is 342 g/mol. The normalized spacial score (nSPS) is 11.6. The van der Waals surface area contributed by atoms with Gasteiger partial charge in [0, 0.05) is 40.6 Å². The number of fused-ring (bicyclic) bond motifs is 2. The SMILES string of the molecule is Cc1c(C(=O)C=Cc2cn(C)c3ccccc23)c(=O)[nH]c2ccccc12. The minimum absolute atomic E-state index is 0.195.